The van der Waals surface area contributed by atoms with Gasteiger partial charge in [0.05, 0.1) is 6.61 Å². The summed E-state index contributed by atoms with van der Waals surface area (Å²) in [6.07, 6.45) is 6.98. The van der Waals surface area contributed by atoms with Crippen LogP contribution in [-0.2, 0) is 21.8 Å². The fourth-order valence-electron chi connectivity index (χ4n) is 0.153. The van der Waals surface area contributed by atoms with Gasteiger partial charge in [0.2, 0.25) is 0 Å². The van der Waals surface area contributed by atoms with Crippen LogP contribution >= 0.6 is 0 Å². The molecular formula is C5H7CuO. The molecule has 0 saturated carbocycles. The summed E-state index contributed by atoms with van der Waals surface area (Å²) in [6.45, 7) is 0.615. The summed E-state index contributed by atoms with van der Waals surface area (Å²) < 4.78 is 4.60. The van der Waals surface area contributed by atoms with Gasteiger partial charge in [0.25, 0.3) is 0 Å². The molecule has 0 aliphatic rings. The Labute approximate surface area is 54.9 Å². The normalized spacial score (nSPS) is 6.29. The molecule has 0 aromatic heterocycles. The van der Waals surface area contributed by atoms with Crippen LogP contribution in [0.2, 0.25) is 0 Å². The molecule has 0 aromatic carbocycles. The largest absolute Gasteiger partial charge is 1.00 e. The minimum Gasteiger partial charge on any atom is -0.694 e. The van der Waals surface area contributed by atoms with Crippen molar-refractivity contribution >= 4 is 0 Å². The molecule has 0 rings (SSSR count). The Kier molecular flexibility index (Phi) is 13.6. The number of hydrogen-bond donors (Lipinski definition) is 0. The minimum atomic E-state index is 0. The standard InChI is InChI=1S/C5H7O.Cu/c1-3-4-5-6-2;/h4-5H2,2H3;/q-1;+1. The first-order valence-electron chi connectivity index (χ1n) is 1.80. The second-order valence-electron chi connectivity index (χ2n) is 0.920. The quantitative estimate of drug-likeness (QED) is 0.240. The minimum absolute atomic E-state index is 0. The summed E-state index contributed by atoms with van der Waals surface area (Å²) in [5.41, 5.74) is 0. The maximum atomic E-state index is 6.38. The maximum Gasteiger partial charge on any atom is 1.00 e. The van der Waals surface area contributed by atoms with E-state index in [1.807, 2.05) is 0 Å². The van der Waals surface area contributed by atoms with Crippen LogP contribution in [0.3, 0.4) is 0 Å². The van der Waals surface area contributed by atoms with E-state index in [2.05, 4.69) is 10.7 Å². The van der Waals surface area contributed by atoms with Crippen molar-refractivity contribution in [1.29, 1.82) is 0 Å². The number of hydrogen-bond acceptors (Lipinski definition) is 1. The van der Waals surface area contributed by atoms with E-state index >= 15 is 0 Å². The molecule has 2 heteroatoms. The first-order valence-corrected chi connectivity index (χ1v) is 1.80. The van der Waals surface area contributed by atoms with E-state index in [0.717, 1.165) is 0 Å². The number of ether oxygens (including phenoxy) is 1. The molecule has 0 bridgehead atoms. The van der Waals surface area contributed by atoms with Crippen LogP contribution in [-0.4, -0.2) is 13.7 Å². The van der Waals surface area contributed by atoms with Crippen molar-refractivity contribution in [2.75, 3.05) is 13.7 Å². The zero-order chi connectivity index (χ0) is 4.83. The van der Waals surface area contributed by atoms with Crippen LogP contribution in [0.1, 0.15) is 6.42 Å². The maximum absolute atomic E-state index is 6.38. The third-order valence-electron chi connectivity index (χ3n) is 0.431. The molecule has 0 spiro atoms. The Hall–Kier alpha value is 0.0395. The Morgan fingerprint density at radius 1 is 1.71 bits per heavy atom. The summed E-state index contributed by atoms with van der Waals surface area (Å²) in [7, 11) is 1.61. The molecule has 1 nitrogen and oxygen atoms in total. The zero-order valence-corrected chi connectivity index (χ0v) is 5.07. The van der Waals surface area contributed by atoms with Crippen LogP contribution in [0.25, 0.3) is 0 Å². The third-order valence-corrected chi connectivity index (χ3v) is 0.431. The SMILES string of the molecule is [C-]#CCCOC.[Cu+]. The van der Waals surface area contributed by atoms with Gasteiger partial charge in [0, 0.05) is 7.11 Å². The molecule has 0 aliphatic heterocycles. The molecule has 0 aliphatic carbocycles. The summed E-state index contributed by atoms with van der Waals surface area (Å²) in [4.78, 5) is 0. The van der Waals surface area contributed by atoms with E-state index in [1.165, 1.54) is 0 Å². The Bertz CT molecular complexity index is 55.6. The fraction of sp³-hybridized carbons (Fsp3) is 0.600. The van der Waals surface area contributed by atoms with E-state index in [-0.39, 0.29) is 17.1 Å². The molecule has 0 unspecified atom stereocenters. The second-order valence-corrected chi connectivity index (χ2v) is 0.920. The number of rotatable bonds is 2. The van der Waals surface area contributed by atoms with Crippen LogP contribution in [0.5, 0.6) is 0 Å². The molecule has 0 N–H and O–H groups in total. The van der Waals surface area contributed by atoms with Crippen molar-refractivity contribution < 1.29 is 21.8 Å². The topological polar surface area (TPSA) is 9.23 Å². The summed E-state index contributed by atoms with van der Waals surface area (Å²) in [5.74, 6) is 2.19. The van der Waals surface area contributed by atoms with E-state index < -0.39 is 0 Å². The molecule has 0 saturated heterocycles. The van der Waals surface area contributed by atoms with Gasteiger partial charge in [0.15, 0.2) is 0 Å². The predicted octanol–water partition coefficient (Wildman–Crippen LogP) is 0.610. The third kappa shape index (κ3) is 10.7. The van der Waals surface area contributed by atoms with Crippen molar-refractivity contribution in [2.45, 2.75) is 6.42 Å². The van der Waals surface area contributed by atoms with Crippen LogP contribution in [0.4, 0.5) is 0 Å². The molecular weight excluding hydrogens is 140 g/mol. The molecule has 0 aromatic rings. The molecule has 0 atom stereocenters. The van der Waals surface area contributed by atoms with Gasteiger partial charge in [-0.3, -0.25) is 0 Å². The van der Waals surface area contributed by atoms with Gasteiger partial charge in [-0.15, -0.1) is 0 Å². The van der Waals surface area contributed by atoms with E-state index in [1.54, 1.807) is 7.11 Å². The van der Waals surface area contributed by atoms with E-state index in [9.17, 15) is 0 Å². The zero-order valence-electron chi connectivity index (χ0n) is 4.12. The van der Waals surface area contributed by atoms with Crippen molar-refractivity contribution in [3.63, 3.8) is 0 Å². The smallest absolute Gasteiger partial charge is 0.694 e. The van der Waals surface area contributed by atoms with Crippen LogP contribution in [0.15, 0.2) is 0 Å². The van der Waals surface area contributed by atoms with Gasteiger partial charge in [-0.05, 0) is 6.42 Å². The van der Waals surface area contributed by atoms with Gasteiger partial charge >= 0.3 is 17.1 Å². The van der Waals surface area contributed by atoms with Crippen molar-refractivity contribution in [2.24, 2.45) is 0 Å². The molecule has 0 amide bonds. The van der Waals surface area contributed by atoms with Gasteiger partial charge in [-0.2, -0.15) is 0 Å². The van der Waals surface area contributed by atoms with Gasteiger partial charge in [0.1, 0.15) is 0 Å². The molecule has 0 heterocycles. The van der Waals surface area contributed by atoms with Crippen molar-refractivity contribution in [3.8, 4) is 5.92 Å². The summed E-state index contributed by atoms with van der Waals surface area (Å²) in [5, 5.41) is 0. The predicted molar refractivity (Wildman–Crippen MR) is 23.6 cm³/mol. The average molecular weight is 147 g/mol. The van der Waals surface area contributed by atoms with Crippen molar-refractivity contribution in [3.05, 3.63) is 6.42 Å². The Morgan fingerprint density at radius 2 is 2.29 bits per heavy atom. The monoisotopic (exact) mass is 146 g/mol. The van der Waals surface area contributed by atoms with E-state index in [4.69, 9.17) is 6.42 Å². The van der Waals surface area contributed by atoms with Crippen LogP contribution < -0.4 is 0 Å². The molecule has 44 valence electrons. The Morgan fingerprint density at radius 3 is 2.43 bits per heavy atom. The van der Waals surface area contributed by atoms with Gasteiger partial charge in [-0.25, -0.2) is 0 Å². The summed E-state index contributed by atoms with van der Waals surface area (Å²) >= 11 is 0. The number of methoxy groups -OCH3 is 1. The second kappa shape index (κ2) is 9.40. The van der Waals surface area contributed by atoms with Crippen LogP contribution in [0, 0.1) is 12.3 Å². The summed E-state index contributed by atoms with van der Waals surface area (Å²) in [6, 6.07) is 0. The molecule has 0 fully saturated rings. The Balaban J connectivity index is 0. The molecule has 0 radical (unpaired) electrons. The van der Waals surface area contributed by atoms with E-state index in [0.29, 0.717) is 13.0 Å². The van der Waals surface area contributed by atoms with Gasteiger partial charge < -0.3 is 17.1 Å². The first kappa shape index (κ1) is 10.1. The van der Waals surface area contributed by atoms with Gasteiger partial charge in [-0.1, -0.05) is 0 Å². The fourth-order valence-corrected chi connectivity index (χ4v) is 0.153. The molecule has 7 heavy (non-hydrogen) atoms. The average Bonchev–Trinajstić information content (AvgIpc) is 1.61. The first-order chi connectivity index (χ1) is 2.91. The van der Waals surface area contributed by atoms with Crippen molar-refractivity contribution in [1.82, 2.24) is 0 Å².